The fourth-order valence-corrected chi connectivity index (χ4v) is 3.05. The van der Waals surface area contributed by atoms with E-state index >= 15 is 0 Å². The van der Waals surface area contributed by atoms with Gasteiger partial charge in [0.2, 0.25) is 10.0 Å². The van der Waals surface area contributed by atoms with Gasteiger partial charge in [-0.05, 0) is 50.3 Å². The minimum Gasteiger partial charge on any atom is -0.361 e. The number of hydrogen-bond donors (Lipinski definition) is 2. The molecule has 0 amide bonds. The highest BCUT2D eigenvalue weighted by atomic mass is 32.2. The Hall–Kier alpha value is -1.37. The van der Waals surface area contributed by atoms with Crippen LogP contribution in [0.25, 0.3) is 10.9 Å². The molecule has 6 heteroatoms. The molecule has 0 bridgehead atoms. The molecule has 0 aliphatic rings. The zero-order valence-electron chi connectivity index (χ0n) is 12.8. The van der Waals surface area contributed by atoms with E-state index in [2.05, 4.69) is 28.6 Å². The molecule has 0 aliphatic carbocycles. The Morgan fingerprint density at radius 1 is 1.33 bits per heavy atom. The summed E-state index contributed by atoms with van der Waals surface area (Å²) >= 11 is 0. The molecular formula is C15H23N3O2S. The lowest BCUT2D eigenvalue weighted by Gasteiger charge is -2.12. The van der Waals surface area contributed by atoms with E-state index in [1.54, 1.807) is 0 Å². The summed E-state index contributed by atoms with van der Waals surface area (Å²) in [5.41, 5.74) is 3.09. The molecule has 0 aliphatic heterocycles. The van der Waals surface area contributed by atoms with Crippen molar-refractivity contribution in [2.45, 2.75) is 19.1 Å². The fraction of sp³-hybridized carbons (Fsp3) is 0.467. The monoisotopic (exact) mass is 309 g/mol. The molecular weight excluding hydrogens is 286 g/mol. The van der Waals surface area contributed by atoms with Gasteiger partial charge in [-0.1, -0.05) is 13.0 Å². The van der Waals surface area contributed by atoms with Crippen LogP contribution in [-0.2, 0) is 22.2 Å². The van der Waals surface area contributed by atoms with Crippen molar-refractivity contribution in [1.29, 1.82) is 0 Å². The number of benzene rings is 1. The van der Waals surface area contributed by atoms with Crippen molar-refractivity contribution in [3.63, 3.8) is 0 Å². The summed E-state index contributed by atoms with van der Waals surface area (Å²) in [6, 6.07) is 5.78. The predicted molar refractivity (Wildman–Crippen MR) is 86.9 cm³/mol. The van der Waals surface area contributed by atoms with Crippen LogP contribution in [0.5, 0.6) is 0 Å². The van der Waals surface area contributed by atoms with Crippen molar-refractivity contribution in [3.05, 3.63) is 35.5 Å². The minimum atomic E-state index is -3.24. The highest BCUT2D eigenvalue weighted by molar-refractivity contribution is 7.88. The van der Waals surface area contributed by atoms with Crippen molar-refractivity contribution in [3.8, 4) is 0 Å². The van der Waals surface area contributed by atoms with Gasteiger partial charge in [-0.3, -0.25) is 0 Å². The standard InChI is InChI=1S/C15H23N3O2S/c1-4-18(3)8-7-13-10-17-15-6-5-12(9-14(13)15)11-21(19,20)16-2/h5-6,9-10,16-17H,4,7-8,11H2,1-3H3. The van der Waals surface area contributed by atoms with Crippen LogP contribution in [0, 0.1) is 0 Å². The Kier molecular flexibility index (Phi) is 5.03. The Balaban J connectivity index is 2.24. The Morgan fingerprint density at radius 3 is 2.76 bits per heavy atom. The van der Waals surface area contributed by atoms with Gasteiger partial charge >= 0.3 is 0 Å². The van der Waals surface area contributed by atoms with E-state index in [9.17, 15) is 8.42 Å². The second-order valence-electron chi connectivity index (χ2n) is 5.30. The van der Waals surface area contributed by atoms with Crippen molar-refractivity contribution in [2.24, 2.45) is 0 Å². The summed E-state index contributed by atoms with van der Waals surface area (Å²) in [5, 5.41) is 1.11. The lowest BCUT2D eigenvalue weighted by molar-refractivity contribution is 0.358. The zero-order chi connectivity index (χ0) is 15.5. The fourth-order valence-electron chi connectivity index (χ4n) is 2.28. The van der Waals surface area contributed by atoms with Crippen LogP contribution in [0.2, 0.25) is 0 Å². The third kappa shape index (κ3) is 4.06. The maximum absolute atomic E-state index is 11.7. The van der Waals surface area contributed by atoms with Gasteiger partial charge in [-0.25, -0.2) is 13.1 Å². The van der Waals surface area contributed by atoms with Crippen molar-refractivity contribution < 1.29 is 8.42 Å². The first-order chi connectivity index (χ1) is 9.95. The second-order valence-corrected chi connectivity index (χ2v) is 7.23. The van der Waals surface area contributed by atoms with Gasteiger partial charge < -0.3 is 9.88 Å². The van der Waals surface area contributed by atoms with Gasteiger partial charge in [0.25, 0.3) is 0 Å². The molecule has 0 spiro atoms. The molecule has 2 aromatic rings. The van der Waals surface area contributed by atoms with Crippen molar-refractivity contribution in [2.75, 3.05) is 27.2 Å². The molecule has 1 aromatic heterocycles. The summed E-state index contributed by atoms with van der Waals surface area (Å²) in [4.78, 5) is 5.51. The minimum absolute atomic E-state index is 0.0128. The Labute approximate surface area is 126 Å². The molecule has 2 N–H and O–H groups in total. The molecule has 0 saturated heterocycles. The molecule has 1 heterocycles. The maximum atomic E-state index is 11.7. The van der Waals surface area contributed by atoms with E-state index in [4.69, 9.17) is 0 Å². The van der Waals surface area contributed by atoms with Gasteiger partial charge in [0.05, 0.1) is 5.75 Å². The summed E-state index contributed by atoms with van der Waals surface area (Å²) < 4.78 is 25.7. The number of rotatable bonds is 7. The van der Waals surface area contributed by atoms with Crippen LogP contribution >= 0.6 is 0 Å². The summed E-state index contributed by atoms with van der Waals surface area (Å²) in [6.45, 7) is 4.15. The first kappa shape index (κ1) is 16.0. The molecule has 1 aromatic carbocycles. The van der Waals surface area contributed by atoms with E-state index < -0.39 is 10.0 Å². The topological polar surface area (TPSA) is 65.2 Å². The Morgan fingerprint density at radius 2 is 2.10 bits per heavy atom. The number of nitrogens with one attached hydrogen (secondary N) is 2. The number of aromatic amines is 1. The third-order valence-corrected chi connectivity index (χ3v) is 5.14. The average Bonchev–Trinajstić information content (AvgIpc) is 2.86. The van der Waals surface area contributed by atoms with Gasteiger partial charge in [0.15, 0.2) is 0 Å². The average molecular weight is 309 g/mol. The Bertz CT molecular complexity index is 707. The number of H-pyrrole nitrogens is 1. The lowest BCUT2D eigenvalue weighted by atomic mass is 10.1. The van der Waals surface area contributed by atoms with Gasteiger partial charge in [-0.15, -0.1) is 0 Å². The largest absolute Gasteiger partial charge is 0.361 e. The quantitative estimate of drug-likeness (QED) is 0.818. The second kappa shape index (κ2) is 6.60. The number of aromatic nitrogens is 1. The van der Waals surface area contributed by atoms with E-state index in [1.807, 2.05) is 24.4 Å². The number of hydrogen-bond acceptors (Lipinski definition) is 3. The lowest BCUT2D eigenvalue weighted by Crippen LogP contribution is -2.20. The molecule has 0 atom stereocenters. The number of nitrogens with zero attached hydrogens (tertiary/aromatic N) is 1. The summed E-state index contributed by atoms with van der Waals surface area (Å²) in [6.07, 6.45) is 2.97. The van der Waals surface area contributed by atoms with Gasteiger partial charge in [0, 0.05) is 23.6 Å². The molecule has 0 saturated carbocycles. The summed E-state index contributed by atoms with van der Waals surface area (Å²) in [7, 11) is 0.302. The van der Waals surface area contributed by atoms with E-state index in [-0.39, 0.29) is 5.75 Å². The molecule has 2 rings (SSSR count). The number of fused-ring (bicyclic) bond motifs is 1. The summed E-state index contributed by atoms with van der Waals surface area (Å²) in [5.74, 6) is 0.0128. The first-order valence-corrected chi connectivity index (χ1v) is 8.79. The molecule has 0 fully saturated rings. The first-order valence-electron chi connectivity index (χ1n) is 7.14. The number of likely N-dealkylation sites (N-methyl/N-ethyl adjacent to an activating group) is 1. The van der Waals surface area contributed by atoms with Gasteiger partial charge in [-0.2, -0.15) is 0 Å². The van der Waals surface area contributed by atoms with E-state index in [1.165, 1.54) is 12.6 Å². The molecule has 0 unspecified atom stereocenters. The third-order valence-electron chi connectivity index (χ3n) is 3.80. The van der Waals surface area contributed by atoms with Crippen molar-refractivity contribution >= 4 is 20.9 Å². The SMILES string of the molecule is CCN(C)CCc1c[nH]c2ccc(CS(=O)(=O)NC)cc12. The highest BCUT2D eigenvalue weighted by Gasteiger charge is 2.11. The molecule has 21 heavy (non-hydrogen) atoms. The molecule has 116 valence electrons. The highest BCUT2D eigenvalue weighted by Crippen LogP contribution is 2.21. The smallest absolute Gasteiger partial charge is 0.215 e. The van der Waals surface area contributed by atoms with Crippen LogP contribution in [0.3, 0.4) is 0 Å². The van der Waals surface area contributed by atoms with Crippen molar-refractivity contribution in [1.82, 2.24) is 14.6 Å². The normalized spacial score (nSPS) is 12.4. The van der Waals surface area contributed by atoms with Crippen LogP contribution in [0.4, 0.5) is 0 Å². The molecule has 0 radical (unpaired) electrons. The van der Waals surface area contributed by atoms with Gasteiger partial charge in [0.1, 0.15) is 0 Å². The van der Waals surface area contributed by atoms with E-state index in [0.29, 0.717) is 0 Å². The van der Waals surface area contributed by atoms with Crippen LogP contribution in [0.15, 0.2) is 24.4 Å². The van der Waals surface area contributed by atoms with Crippen LogP contribution in [-0.4, -0.2) is 45.5 Å². The van der Waals surface area contributed by atoms with Crippen LogP contribution in [0.1, 0.15) is 18.1 Å². The zero-order valence-corrected chi connectivity index (χ0v) is 13.6. The molecule has 5 nitrogen and oxygen atoms in total. The number of sulfonamides is 1. The maximum Gasteiger partial charge on any atom is 0.215 e. The predicted octanol–water partition coefficient (Wildman–Crippen LogP) is 1.71. The van der Waals surface area contributed by atoms with E-state index in [0.717, 1.165) is 36.0 Å². The van der Waals surface area contributed by atoms with Crippen LogP contribution < -0.4 is 4.72 Å².